The standard InChI is InChI=1S/C29H48N4.4ClH/c30-22-12-2-1-9-19-29(31,20-10-13-23-32-25-27-15-5-3-6-16-27)21-11-14-24-33-26-28-17-7-4-8-18-28;;;;/h3-8,15-18,32-33H,1-2,9-14,19-26,30-31H2;4*1H. The molecular weight excluding hydrogens is 546 g/mol. The Kier molecular flexibility index (Phi) is 29.9. The molecule has 37 heavy (non-hydrogen) atoms. The predicted octanol–water partition coefficient (Wildman–Crippen LogP) is 7.20. The van der Waals surface area contributed by atoms with Crippen LogP contribution in [-0.4, -0.2) is 25.2 Å². The van der Waals surface area contributed by atoms with Crippen molar-refractivity contribution in [2.24, 2.45) is 11.5 Å². The maximum atomic E-state index is 6.96. The van der Waals surface area contributed by atoms with Crippen LogP contribution in [0.3, 0.4) is 0 Å². The van der Waals surface area contributed by atoms with Crippen molar-refractivity contribution in [1.29, 1.82) is 0 Å². The fraction of sp³-hybridized carbons (Fsp3) is 0.586. The van der Waals surface area contributed by atoms with Gasteiger partial charge >= 0.3 is 0 Å². The van der Waals surface area contributed by atoms with Crippen molar-refractivity contribution in [3.8, 4) is 0 Å². The van der Waals surface area contributed by atoms with E-state index in [1.165, 1.54) is 56.1 Å². The minimum absolute atomic E-state index is 0. The third kappa shape index (κ3) is 21.0. The summed E-state index contributed by atoms with van der Waals surface area (Å²) in [6, 6.07) is 21.3. The molecule has 2 rings (SSSR count). The second-order valence-corrected chi connectivity index (χ2v) is 9.55. The summed E-state index contributed by atoms with van der Waals surface area (Å²) >= 11 is 0. The zero-order valence-electron chi connectivity index (χ0n) is 22.4. The van der Waals surface area contributed by atoms with Crippen LogP contribution in [0.15, 0.2) is 60.7 Å². The maximum absolute atomic E-state index is 6.96. The summed E-state index contributed by atoms with van der Waals surface area (Å²) in [7, 11) is 0. The SMILES string of the molecule is Cl.Cl.Cl.Cl.NCCCCCCC(N)(CCCCNCc1ccccc1)CCCCNCc1ccccc1. The lowest BCUT2D eigenvalue weighted by Gasteiger charge is -2.30. The van der Waals surface area contributed by atoms with E-state index in [1.54, 1.807) is 0 Å². The fourth-order valence-electron chi connectivity index (χ4n) is 4.46. The molecule has 0 saturated heterocycles. The monoisotopic (exact) mass is 596 g/mol. The van der Waals surface area contributed by atoms with Crippen molar-refractivity contribution < 1.29 is 0 Å². The zero-order chi connectivity index (χ0) is 23.5. The van der Waals surface area contributed by atoms with E-state index in [0.29, 0.717) is 0 Å². The van der Waals surface area contributed by atoms with Gasteiger partial charge in [-0.3, -0.25) is 0 Å². The lowest BCUT2D eigenvalue weighted by molar-refractivity contribution is 0.305. The highest BCUT2D eigenvalue weighted by molar-refractivity contribution is 5.86. The number of rotatable bonds is 20. The second-order valence-electron chi connectivity index (χ2n) is 9.55. The van der Waals surface area contributed by atoms with Gasteiger partial charge in [-0.15, -0.1) is 49.6 Å². The van der Waals surface area contributed by atoms with E-state index >= 15 is 0 Å². The van der Waals surface area contributed by atoms with E-state index in [1.807, 2.05) is 0 Å². The largest absolute Gasteiger partial charge is 0.330 e. The molecule has 216 valence electrons. The van der Waals surface area contributed by atoms with Crippen molar-refractivity contribution in [2.75, 3.05) is 19.6 Å². The first-order valence-corrected chi connectivity index (χ1v) is 13.2. The van der Waals surface area contributed by atoms with Gasteiger partial charge in [-0.1, -0.05) is 92.8 Å². The topological polar surface area (TPSA) is 76.1 Å². The molecule has 0 spiro atoms. The maximum Gasteiger partial charge on any atom is 0.0205 e. The number of nitrogens with two attached hydrogens (primary N) is 2. The molecule has 0 aliphatic heterocycles. The Labute approximate surface area is 251 Å². The van der Waals surface area contributed by atoms with Crippen LogP contribution in [0.4, 0.5) is 0 Å². The van der Waals surface area contributed by atoms with E-state index in [4.69, 9.17) is 11.5 Å². The molecule has 0 aliphatic rings. The number of unbranched alkanes of at least 4 members (excludes halogenated alkanes) is 5. The highest BCUT2D eigenvalue weighted by atomic mass is 35.5. The molecule has 0 bridgehead atoms. The summed E-state index contributed by atoms with van der Waals surface area (Å²) in [6.07, 6.45) is 13.1. The summed E-state index contributed by atoms with van der Waals surface area (Å²) < 4.78 is 0. The average molecular weight is 599 g/mol. The molecule has 0 unspecified atom stereocenters. The first kappa shape index (κ1) is 40.9. The Balaban J connectivity index is -0.00000289. The first-order valence-electron chi connectivity index (χ1n) is 13.2. The molecule has 6 N–H and O–H groups in total. The van der Waals surface area contributed by atoms with Crippen molar-refractivity contribution in [3.63, 3.8) is 0 Å². The normalized spacial score (nSPS) is 10.4. The van der Waals surface area contributed by atoms with Crippen molar-refractivity contribution in [3.05, 3.63) is 71.8 Å². The summed E-state index contributed by atoms with van der Waals surface area (Å²) in [5, 5.41) is 7.15. The van der Waals surface area contributed by atoms with Crippen LogP contribution >= 0.6 is 49.6 Å². The molecule has 2 aromatic carbocycles. The predicted molar refractivity (Wildman–Crippen MR) is 172 cm³/mol. The van der Waals surface area contributed by atoms with Crippen molar-refractivity contribution >= 4 is 49.6 Å². The molecule has 0 fully saturated rings. The van der Waals surface area contributed by atoms with Gasteiger partial charge < -0.3 is 22.1 Å². The molecule has 0 radical (unpaired) electrons. The Hall–Kier alpha value is -0.560. The van der Waals surface area contributed by atoms with E-state index < -0.39 is 0 Å². The molecule has 0 aliphatic carbocycles. The van der Waals surface area contributed by atoms with Gasteiger partial charge in [-0.05, 0) is 69.3 Å². The number of nitrogens with one attached hydrogen (secondary N) is 2. The van der Waals surface area contributed by atoms with Gasteiger partial charge in [-0.2, -0.15) is 0 Å². The summed E-state index contributed by atoms with van der Waals surface area (Å²) in [5.41, 5.74) is 15.3. The lowest BCUT2D eigenvalue weighted by Crippen LogP contribution is -2.40. The van der Waals surface area contributed by atoms with Gasteiger partial charge in [0, 0.05) is 18.6 Å². The molecule has 8 heteroatoms. The van der Waals surface area contributed by atoms with Crippen molar-refractivity contribution in [2.45, 2.75) is 89.3 Å². The van der Waals surface area contributed by atoms with Crippen LogP contribution in [0.2, 0.25) is 0 Å². The Bertz CT molecular complexity index is 656. The van der Waals surface area contributed by atoms with E-state index in [9.17, 15) is 0 Å². The number of benzene rings is 2. The molecule has 0 heterocycles. The van der Waals surface area contributed by atoms with Crippen LogP contribution in [-0.2, 0) is 13.1 Å². The lowest BCUT2D eigenvalue weighted by atomic mass is 9.83. The Morgan fingerprint density at radius 2 is 0.892 bits per heavy atom. The third-order valence-electron chi connectivity index (χ3n) is 6.53. The summed E-state index contributed by atoms with van der Waals surface area (Å²) in [5.74, 6) is 0. The number of halogens is 4. The van der Waals surface area contributed by atoms with Crippen LogP contribution in [0, 0.1) is 0 Å². The van der Waals surface area contributed by atoms with E-state index in [2.05, 4.69) is 71.3 Å². The number of hydrogen-bond donors (Lipinski definition) is 4. The molecule has 0 aromatic heterocycles. The van der Waals surface area contributed by atoms with Gasteiger partial charge in [0.05, 0.1) is 0 Å². The minimum atomic E-state index is -0.0123. The quantitative estimate of drug-likeness (QED) is 0.122. The van der Waals surface area contributed by atoms with Crippen LogP contribution in [0.5, 0.6) is 0 Å². The highest BCUT2D eigenvalue weighted by Gasteiger charge is 2.23. The molecule has 4 nitrogen and oxygen atoms in total. The fourth-order valence-corrected chi connectivity index (χ4v) is 4.46. The molecule has 0 atom stereocenters. The smallest absolute Gasteiger partial charge is 0.0205 e. The van der Waals surface area contributed by atoms with E-state index in [0.717, 1.165) is 58.4 Å². The van der Waals surface area contributed by atoms with E-state index in [-0.39, 0.29) is 55.2 Å². The Morgan fingerprint density at radius 3 is 1.30 bits per heavy atom. The van der Waals surface area contributed by atoms with Crippen molar-refractivity contribution in [1.82, 2.24) is 10.6 Å². The first-order chi connectivity index (χ1) is 16.2. The highest BCUT2D eigenvalue weighted by Crippen LogP contribution is 2.25. The van der Waals surface area contributed by atoms with Crippen LogP contribution < -0.4 is 22.1 Å². The molecular formula is C29H52Cl4N4. The van der Waals surface area contributed by atoms with Gasteiger partial charge in [-0.25, -0.2) is 0 Å². The van der Waals surface area contributed by atoms with Crippen LogP contribution in [0.1, 0.15) is 81.8 Å². The molecule has 2 aromatic rings. The van der Waals surface area contributed by atoms with Gasteiger partial charge in [0.15, 0.2) is 0 Å². The molecule has 0 saturated carbocycles. The van der Waals surface area contributed by atoms with Crippen LogP contribution in [0.25, 0.3) is 0 Å². The minimum Gasteiger partial charge on any atom is -0.330 e. The Morgan fingerprint density at radius 1 is 0.514 bits per heavy atom. The van der Waals surface area contributed by atoms with Gasteiger partial charge in [0.25, 0.3) is 0 Å². The summed E-state index contributed by atoms with van der Waals surface area (Å²) in [6.45, 7) is 4.83. The van der Waals surface area contributed by atoms with Gasteiger partial charge in [0.2, 0.25) is 0 Å². The zero-order valence-corrected chi connectivity index (χ0v) is 25.6. The number of hydrogen-bond acceptors (Lipinski definition) is 4. The second kappa shape index (κ2) is 27.0. The molecule has 0 amide bonds. The van der Waals surface area contributed by atoms with Gasteiger partial charge in [0.1, 0.15) is 0 Å². The summed E-state index contributed by atoms with van der Waals surface area (Å²) in [4.78, 5) is 0. The average Bonchev–Trinajstić information content (AvgIpc) is 2.85. The third-order valence-corrected chi connectivity index (χ3v) is 6.53.